The molecule has 0 spiro atoms. The van der Waals surface area contributed by atoms with Crippen LogP contribution in [0.1, 0.15) is 79.8 Å². The average Bonchev–Trinajstić information content (AvgIpc) is 3.17. The number of nitrogens with one attached hydrogen (secondary N) is 1. The van der Waals surface area contributed by atoms with Gasteiger partial charge in [0.25, 0.3) is 5.91 Å². The van der Waals surface area contributed by atoms with Crippen molar-refractivity contribution in [2.75, 3.05) is 6.26 Å². The molecule has 0 aliphatic heterocycles. The largest absolute Gasteiger partial charge is 0.609 e. The van der Waals surface area contributed by atoms with Gasteiger partial charge in [-0.1, -0.05) is 12.8 Å². The van der Waals surface area contributed by atoms with E-state index in [1.165, 1.54) is 0 Å². The number of amides is 1. The lowest BCUT2D eigenvalue weighted by Crippen LogP contribution is -2.61. The van der Waals surface area contributed by atoms with E-state index in [1.807, 2.05) is 0 Å². The predicted molar refractivity (Wildman–Crippen MR) is 105 cm³/mol. The molecule has 2 N–H and O–H groups in total. The molecule has 1 aromatic rings. The Kier molecular flexibility index (Phi) is 4.68. The summed E-state index contributed by atoms with van der Waals surface area (Å²) in [7, 11) is 0. The number of hydrogen-bond donors (Lipinski definition) is 2. The van der Waals surface area contributed by atoms with Crippen molar-refractivity contribution in [1.29, 1.82) is 0 Å². The summed E-state index contributed by atoms with van der Waals surface area (Å²) in [6, 6.07) is 0.140. The molecule has 5 saturated carbocycles. The van der Waals surface area contributed by atoms with Crippen LogP contribution in [0.2, 0.25) is 0 Å². The van der Waals surface area contributed by atoms with Crippen molar-refractivity contribution in [1.82, 2.24) is 15.3 Å². The predicted octanol–water partition coefficient (Wildman–Crippen LogP) is 2.54. The molecule has 6 nitrogen and oxygen atoms in total. The minimum Gasteiger partial charge on any atom is -0.609 e. The maximum atomic E-state index is 13.2. The Hall–Kier alpha value is -1.18. The molecule has 5 fully saturated rings. The maximum Gasteiger partial charge on any atom is 0.342 e. The monoisotopic (exact) mass is 403 g/mol. The second kappa shape index (κ2) is 6.96. The first-order valence-corrected chi connectivity index (χ1v) is 12.2. The topological polar surface area (TPSA) is 98.2 Å². The third-order valence-corrected chi connectivity index (χ3v) is 8.29. The van der Waals surface area contributed by atoms with Crippen LogP contribution in [0.4, 0.5) is 0 Å². The van der Waals surface area contributed by atoms with E-state index in [2.05, 4.69) is 15.3 Å². The normalized spacial score (nSPS) is 38.0. The minimum atomic E-state index is -1.26. The van der Waals surface area contributed by atoms with E-state index in [-0.39, 0.29) is 17.9 Å². The van der Waals surface area contributed by atoms with Crippen molar-refractivity contribution in [3.05, 3.63) is 17.5 Å². The Morgan fingerprint density at radius 1 is 1.25 bits per heavy atom. The minimum absolute atomic E-state index is 0.0974. The van der Waals surface area contributed by atoms with Gasteiger partial charge in [-0.25, -0.2) is 0 Å². The van der Waals surface area contributed by atoms with Crippen molar-refractivity contribution >= 4 is 17.1 Å². The van der Waals surface area contributed by atoms with Crippen LogP contribution >= 0.6 is 0 Å². The van der Waals surface area contributed by atoms with Crippen LogP contribution in [0.25, 0.3) is 0 Å². The number of nitrogens with zero attached hydrogens (tertiary/aromatic N) is 2. The third-order valence-electron chi connectivity index (χ3n) is 7.58. The summed E-state index contributed by atoms with van der Waals surface area (Å²) in [5.41, 5.74) is 0.828. The van der Waals surface area contributed by atoms with Gasteiger partial charge in [0, 0.05) is 29.3 Å². The van der Waals surface area contributed by atoms with Gasteiger partial charge in [0.15, 0.2) is 0 Å². The number of carbonyl (C=O) groups is 1. The number of rotatable bonds is 4. The quantitative estimate of drug-likeness (QED) is 0.595. The fourth-order valence-corrected chi connectivity index (χ4v) is 7.08. The molecule has 5 aliphatic carbocycles. The maximum absolute atomic E-state index is 13.2. The Balaban J connectivity index is 1.39. The van der Waals surface area contributed by atoms with E-state index in [0.717, 1.165) is 63.5 Å². The molecule has 1 aromatic heterocycles. The highest BCUT2D eigenvalue weighted by Gasteiger charge is 2.55. The fourth-order valence-electron chi connectivity index (χ4n) is 6.65. The first kappa shape index (κ1) is 18.8. The molecule has 28 heavy (non-hydrogen) atoms. The van der Waals surface area contributed by atoms with Crippen LogP contribution in [-0.2, 0) is 11.2 Å². The summed E-state index contributed by atoms with van der Waals surface area (Å²) in [5, 5.41) is 14.4. The van der Waals surface area contributed by atoms with Gasteiger partial charge in [-0.3, -0.25) is 4.79 Å². The van der Waals surface area contributed by atoms with E-state index < -0.39 is 16.8 Å². The lowest BCUT2D eigenvalue weighted by molar-refractivity contribution is -0.136. The molecule has 0 saturated heterocycles. The Morgan fingerprint density at radius 2 is 1.93 bits per heavy atom. The number of aliphatic hydroxyl groups is 1. The second-order valence-electron chi connectivity index (χ2n) is 9.58. The third kappa shape index (κ3) is 3.25. The van der Waals surface area contributed by atoms with E-state index in [9.17, 15) is 14.5 Å². The number of aromatic nitrogens is 2. The van der Waals surface area contributed by atoms with Crippen molar-refractivity contribution in [3.8, 4) is 0 Å². The van der Waals surface area contributed by atoms with E-state index >= 15 is 0 Å². The van der Waals surface area contributed by atoms with Gasteiger partial charge in [0.05, 0.1) is 16.9 Å². The zero-order valence-electron chi connectivity index (χ0n) is 16.4. The van der Waals surface area contributed by atoms with Gasteiger partial charge in [-0.15, -0.1) is 0 Å². The second-order valence-corrected chi connectivity index (χ2v) is 10.9. The van der Waals surface area contributed by atoms with Gasteiger partial charge >= 0.3 is 5.16 Å². The highest BCUT2D eigenvalue weighted by molar-refractivity contribution is 7.90. The first-order chi connectivity index (χ1) is 13.4. The van der Waals surface area contributed by atoms with Crippen molar-refractivity contribution in [2.24, 2.45) is 17.8 Å². The molecule has 1 amide bonds. The average molecular weight is 404 g/mol. The Bertz CT molecular complexity index is 764. The summed E-state index contributed by atoms with van der Waals surface area (Å²) >= 11 is -1.26. The van der Waals surface area contributed by atoms with Gasteiger partial charge in [-0.05, 0) is 62.7 Å². The van der Waals surface area contributed by atoms with Gasteiger partial charge in [-0.2, -0.15) is 9.97 Å². The molecule has 1 heterocycles. The lowest BCUT2D eigenvalue weighted by atomic mass is 9.52. The van der Waals surface area contributed by atoms with Gasteiger partial charge in [0.1, 0.15) is 6.26 Å². The van der Waals surface area contributed by atoms with E-state index in [1.54, 1.807) is 12.5 Å². The molecule has 7 heteroatoms. The van der Waals surface area contributed by atoms with E-state index in [4.69, 9.17) is 0 Å². The lowest BCUT2D eigenvalue weighted by Gasteiger charge is -2.58. The smallest absolute Gasteiger partial charge is 0.342 e. The summed E-state index contributed by atoms with van der Waals surface area (Å²) in [6.45, 7) is 0. The van der Waals surface area contributed by atoms with Crippen LogP contribution in [0.5, 0.6) is 0 Å². The summed E-state index contributed by atoms with van der Waals surface area (Å²) < 4.78 is 11.9. The zero-order valence-corrected chi connectivity index (χ0v) is 17.2. The molecule has 0 radical (unpaired) electrons. The van der Waals surface area contributed by atoms with E-state index in [0.29, 0.717) is 28.5 Å². The molecule has 3 atom stereocenters. The van der Waals surface area contributed by atoms with Crippen LogP contribution in [0.3, 0.4) is 0 Å². The molecular weight excluding hydrogens is 374 g/mol. The summed E-state index contributed by atoms with van der Waals surface area (Å²) in [5.74, 6) is 1.52. The molecule has 0 aromatic carbocycles. The van der Waals surface area contributed by atoms with Crippen LogP contribution < -0.4 is 5.32 Å². The number of hydrogen-bond acceptors (Lipinski definition) is 5. The first-order valence-electron chi connectivity index (χ1n) is 10.7. The van der Waals surface area contributed by atoms with Gasteiger partial charge in [0.2, 0.25) is 0 Å². The van der Waals surface area contributed by atoms with Crippen LogP contribution in [0, 0.1) is 17.8 Å². The summed E-state index contributed by atoms with van der Waals surface area (Å²) in [4.78, 5) is 22.0. The molecule has 3 unspecified atom stereocenters. The van der Waals surface area contributed by atoms with Crippen molar-refractivity contribution in [2.45, 2.75) is 80.5 Å². The Morgan fingerprint density at radius 3 is 2.54 bits per heavy atom. The number of carbonyl (C=O) groups excluding carboxylic acids is 1. The SMILES string of the molecule is C[S+]([O-])c1ncc(C(=O)N[C@H]2C3CC4CC2C[C@@](O)(C4)C3)c(C2CCCC2)n1. The molecule has 4 bridgehead atoms. The van der Waals surface area contributed by atoms with Crippen LogP contribution in [-0.4, -0.2) is 43.4 Å². The highest BCUT2D eigenvalue weighted by Crippen LogP contribution is 2.55. The zero-order chi connectivity index (χ0) is 19.5. The molecule has 6 rings (SSSR count). The van der Waals surface area contributed by atoms with Crippen molar-refractivity contribution < 1.29 is 14.5 Å². The molecule has 152 valence electrons. The van der Waals surface area contributed by atoms with Gasteiger partial charge < -0.3 is 15.0 Å². The summed E-state index contributed by atoms with van der Waals surface area (Å²) in [6.07, 6.45) is 12.3. The molecule has 5 aliphatic rings. The fraction of sp³-hybridized carbons (Fsp3) is 0.762. The van der Waals surface area contributed by atoms with Crippen molar-refractivity contribution in [3.63, 3.8) is 0 Å². The highest BCUT2D eigenvalue weighted by atomic mass is 32.2. The standard InChI is InChI=1S/C21H29N3O3S/c1-28(27)20-22-11-16(18(24-20)13-4-2-3-5-13)19(25)23-17-14-6-12-7-15(17)10-21(26,8-12)9-14/h11-15,17,26H,2-10H2,1H3,(H,23,25)/t12?,14?,15?,17-,21+,28?. The Labute approximate surface area is 169 Å². The van der Waals surface area contributed by atoms with Crippen LogP contribution in [0.15, 0.2) is 11.4 Å². The molecular formula is C21H29N3O3S.